The van der Waals surface area contributed by atoms with Crippen molar-refractivity contribution in [2.75, 3.05) is 6.54 Å². The second kappa shape index (κ2) is 7.52. The summed E-state index contributed by atoms with van der Waals surface area (Å²) in [5.74, 6) is 1.97. The van der Waals surface area contributed by atoms with Crippen LogP contribution in [0.2, 0.25) is 0 Å². The van der Waals surface area contributed by atoms with Gasteiger partial charge in [-0.1, -0.05) is 26.8 Å². The van der Waals surface area contributed by atoms with E-state index >= 15 is 0 Å². The summed E-state index contributed by atoms with van der Waals surface area (Å²) in [6.45, 7) is 11.1. The van der Waals surface area contributed by atoms with Crippen molar-refractivity contribution in [1.82, 2.24) is 10.7 Å². The SMILES string of the molecule is C=CCNC(=S)N/N=C1/C[C@H](C)CC[C@@H]1C(C)C. The molecule has 18 heavy (non-hydrogen) atoms. The molecule has 2 N–H and O–H groups in total. The van der Waals surface area contributed by atoms with E-state index in [-0.39, 0.29) is 0 Å². The van der Waals surface area contributed by atoms with Crippen LogP contribution in [-0.4, -0.2) is 17.4 Å². The van der Waals surface area contributed by atoms with Crippen LogP contribution >= 0.6 is 12.2 Å². The highest BCUT2D eigenvalue weighted by Crippen LogP contribution is 2.31. The number of thiocarbonyl (C=S) groups is 1. The fourth-order valence-corrected chi connectivity index (χ4v) is 2.54. The summed E-state index contributed by atoms with van der Waals surface area (Å²) in [7, 11) is 0. The summed E-state index contributed by atoms with van der Waals surface area (Å²) >= 11 is 5.14. The molecule has 0 aliphatic heterocycles. The highest BCUT2D eigenvalue weighted by molar-refractivity contribution is 7.80. The van der Waals surface area contributed by atoms with Gasteiger partial charge in [0.1, 0.15) is 0 Å². The third kappa shape index (κ3) is 4.77. The van der Waals surface area contributed by atoms with Crippen molar-refractivity contribution in [3.05, 3.63) is 12.7 Å². The minimum Gasteiger partial charge on any atom is -0.358 e. The van der Waals surface area contributed by atoms with Crippen LogP contribution in [0, 0.1) is 17.8 Å². The Morgan fingerprint density at radius 3 is 2.89 bits per heavy atom. The summed E-state index contributed by atoms with van der Waals surface area (Å²) in [4.78, 5) is 0. The van der Waals surface area contributed by atoms with Gasteiger partial charge in [-0.05, 0) is 43.3 Å². The van der Waals surface area contributed by atoms with Crippen molar-refractivity contribution in [3.8, 4) is 0 Å². The zero-order valence-electron chi connectivity index (χ0n) is 11.7. The van der Waals surface area contributed by atoms with Crippen LogP contribution in [0.3, 0.4) is 0 Å². The van der Waals surface area contributed by atoms with E-state index in [1.165, 1.54) is 18.6 Å². The van der Waals surface area contributed by atoms with Crippen molar-refractivity contribution in [3.63, 3.8) is 0 Å². The summed E-state index contributed by atoms with van der Waals surface area (Å²) in [5.41, 5.74) is 4.22. The van der Waals surface area contributed by atoms with Gasteiger partial charge >= 0.3 is 0 Å². The Hall–Kier alpha value is -0.900. The van der Waals surface area contributed by atoms with E-state index in [4.69, 9.17) is 12.2 Å². The van der Waals surface area contributed by atoms with Gasteiger partial charge in [0.15, 0.2) is 5.11 Å². The summed E-state index contributed by atoms with van der Waals surface area (Å²) in [5, 5.41) is 8.11. The smallest absolute Gasteiger partial charge is 0.187 e. The molecule has 0 bridgehead atoms. The Balaban J connectivity index is 2.58. The monoisotopic (exact) mass is 267 g/mol. The van der Waals surface area contributed by atoms with Gasteiger partial charge in [-0.3, -0.25) is 5.43 Å². The average Bonchev–Trinajstić information content (AvgIpc) is 2.33. The summed E-state index contributed by atoms with van der Waals surface area (Å²) in [6, 6.07) is 0. The minimum atomic E-state index is 0.572. The fraction of sp³-hybridized carbons (Fsp3) is 0.714. The minimum absolute atomic E-state index is 0.572. The number of hydrogen-bond donors (Lipinski definition) is 2. The first kappa shape index (κ1) is 15.2. The molecule has 1 fully saturated rings. The zero-order valence-corrected chi connectivity index (χ0v) is 12.5. The molecule has 3 nitrogen and oxygen atoms in total. The quantitative estimate of drug-likeness (QED) is 0.467. The third-order valence-electron chi connectivity index (χ3n) is 3.47. The first-order chi connectivity index (χ1) is 8.54. The Morgan fingerprint density at radius 1 is 1.56 bits per heavy atom. The molecule has 0 aromatic carbocycles. The number of rotatable bonds is 4. The van der Waals surface area contributed by atoms with Crippen LogP contribution < -0.4 is 10.7 Å². The van der Waals surface area contributed by atoms with Crippen LogP contribution in [0.1, 0.15) is 40.0 Å². The molecule has 102 valence electrons. The van der Waals surface area contributed by atoms with Crippen molar-refractivity contribution in [1.29, 1.82) is 0 Å². The maximum absolute atomic E-state index is 5.14. The molecule has 1 rings (SSSR count). The molecule has 0 amide bonds. The van der Waals surface area contributed by atoms with Gasteiger partial charge in [0.25, 0.3) is 0 Å². The zero-order chi connectivity index (χ0) is 13.5. The van der Waals surface area contributed by atoms with Crippen molar-refractivity contribution >= 4 is 23.0 Å². The number of hydrazone groups is 1. The molecule has 1 saturated carbocycles. The molecular weight excluding hydrogens is 242 g/mol. The molecule has 0 aromatic rings. The molecule has 1 aliphatic carbocycles. The van der Waals surface area contributed by atoms with Gasteiger partial charge in [0, 0.05) is 18.2 Å². The van der Waals surface area contributed by atoms with Gasteiger partial charge in [-0.15, -0.1) is 6.58 Å². The van der Waals surface area contributed by atoms with Crippen molar-refractivity contribution < 1.29 is 0 Å². The Bertz CT molecular complexity index is 323. The maximum Gasteiger partial charge on any atom is 0.187 e. The lowest BCUT2D eigenvalue weighted by molar-refractivity contribution is 0.363. The van der Waals surface area contributed by atoms with Gasteiger partial charge in [0.05, 0.1) is 0 Å². The largest absolute Gasteiger partial charge is 0.358 e. The van der Waals surface area contributed by atoms with E-state index in [9.17, 15) is 0 Å². The Morgan fingerprint density at radius 2 is 2.28 bits per heavy atom. The number of nitrogens with one attached hydrogen (secondary N) is 2. The van der Waals surface area contributed by atoms with Crippen LogP contribution in [0.4, 0.5) is 0 Å². The summed E-state index contributed by atoms with van der Waals surface area (Å²) in [6.07, 6.45) is 5.41. The highest BCUT2D eigenvalue weighted by atomic mass is 32.1. The number of hydrogen-bond acceptors (Lipinski definition) is 2. The predicted octanol–water partition coefficient (Wildman–Crippen LogP) is 3.08. The normalized spacial score (nSPS) is 26.1. The second-order valence-electron chi connectivity index (χ2n) is 5.45. The highest BCUT2D eigenvalue weighted by Gasteiger charge is 2.27. The lowest BCUT2D eigenvalue weighted by Gasteiger charge is -2.30. The Kier molecular flexibility index (Phi) is 6.33. The molecule has 0 radical (unpaired) electrons. The standard InChI is InChI=1S/C14H25N3S/c1-5-8-15-14(18)17-16-13-9-11(4)6-7-12(13)10(2)3/h5,10-12H,1,6-9H2,2-4H3,(H2,15,17,18)/b16-13-/t11-,12-/m1/s1. The third-order valence-corrected chi connectivity index (χ3v) is 3.70. The lowest BCUT2D eigenvalue weighted by Crippen LogP contribution is -2.35. The van der Waals surface area contributed by atoms with E-state index in [1.54, 1.807) is 6.08 Å². The maximum atomic E-state index is 5.14. The van der Waals surface area contributed by atoms with Crippen LogP contribution in [0.5, 0.6) is 0 Å². The molecule has 2 atom stereocenters. The van der Waals surface area contributed by atoms with Crippen LogP contribution in [-0.2, 0) is 0 Å². The van der Waals surface area contributed by atoms with E-state index in [0.29, 0.717) is 23.5 Å². The van der Waals surface area contributed by atoms with E-state index in [0.717, 1.165) is 12.3 Å². The second-order valence-corrected chi connectivity index (χ2v) is 5.86. The molecular formula is C14H25N3S. The van der Waals surface area contributed by atoms with Gasteiger partial charge in [-0.2, -0.15) is 5.10 Å². The molecule has 0 spiro atoms. The van der Waals surface area contributed by atoms with E-state index in [1.807, 2.05) is 0 Å². The van der Waals surface area contributed by atoms with Crippen molar-refractivity contribution in [2.45, 2.75) is 40.0 Å². The van der Waals surface area contributed by atoms with E-state index < -0.39 is 0 Å². The predicted molar refractivity (Wildman–Crippen MR) is 82.7 cm³/mol. The first-order valence-electron chi connectivity index (χ1n) is 6.75. The molecule has 4 heteroatoms. The molecule has 0 unspecified atom stereocenters. The number of nitrogens with zero attached hydrogens (tertiary/aromatic N) is 1. The Labute approximate surface area is 116 Å². The van der Waals surface area contributed by atoms with Gasteiger partial charge in [-0.25, -0.2) is 0 Å². The lowest BCUT2D eigenvalue weighted by atomic mass is 9.76. The van der Waals surface area contributed by atoms with Gasteiger partial charge < -0.3 is 5.32 Å². The molecule has 0 aromatic heterocycles. The molecule has 0 heterocycles. The fourth-order valence-electron chi connectivity index (χ4n) is 2.41. The topological polar surface area (TPSA) is 36.4 Å². The summed E-state index contributed by atoms with van der Waals surface area (Å²) < 4.78 is 0. The first-order valence-corrected chi connectivity index (χ1v) is 7.16. The van der Waals surface area contributed by atoms with Crippen LogP contribution in [0.15, 0.2) is 17.8 Å². The molecule has 0 saturated heterocycles. The molecule has 1 aliphatic rings. The average molecular weight is 267 g/mol. The van der Waals surface area contributed by atoms with Gasteiger partial charge in [0.2, 0.25) is 0 Å². The van der Waals surface area contributed by atoms with Crippen LogP contribution in [0.25, 0.3) is 0 Å². The van der Waals surface area contributed by atoms with Crippen molar-refractivity contribution in [2.24, 2.45) is 22.9 Å². The van der Waals surface area contributed by atoms with E-state index in [2.05, 4.69) is 43.2 Å².